The molecule has 1 N–H and O–H groups in total. The van der Waals surface area contributed by atoms with Crippen LogP contribution in [0.1, 0.15) is 64.9 Å². The van der Waals surface area contributed by atoms with Crippen molar-refractivity contribution in [2.24, 2.45) is 22.7 Å². The summed E-state index contributed by atoms with van der Waals surface area (Å²) in [5, 5.41) is 3.79. The van der Waals surface area contributed by atoms with Crippen molar-refractivity contribution in [3.63, 3.8) is 0 Å². The summed E-state index contributed by atoms with van der Waals surface area (Å²) >= 11 is 0. The Labute approximate surface area is 168 Å². The van der Waals surface area contributed by atoms with Crippen LogP contribution in [0.3, 0.4) is 0 Å². The molecule has 0 bridgehead atoms. The molecular formula is C24H33NO3. The van der Waals surface area contributed by atoms with Crippen molar-refractivity contribution in [3.05, 3.63) is 29.8 Å². The molecule has 2 aliphatic carbocycles. The van der Waals surface area contributed by atoms with E-state index < -0.39 is 0 Å². The third-order valence-corrected chi connectivity index (χ3v) is 7.16. The van der Waals surface area contributed by atoms with Gasteiger partial charge in [-0.15, -0.1) is 0 Å². The molecule has 1 heterocycles. The minimum Gasteiger partial charge on any atom is -0.497 e. The molecule has 2 saturated carbocycles. The number of rotatable bonds is 2. The number of ketones is 2. The van der Waals surface area contributed by atoms with Crippen LogP contribution in [0.5, 0.6) is 5.75 Å². The van der Waals surface area contributed by atoms with Crippen molar-refractivity contribution in [2.45, 2.75) is 71.4 Å². The first-order chi connectivity index (χ1) is 13.1. The fourth-order valence-corrected chi connectivity index (χ4v) is 6.18. The molecule has 4 atom stereocenters. The summed E-state index contributed by atoms with van der Waals surface area (Å²) in [5.74, 6) is 1.16. The van der Waals surface area contributed by atoms with Gasteiger partial charge in [-0.25, -0.2) is 0 Å². The van der Waals surface area contributed by atoms with Crippen LogP contribution < -0.4 is 10.1 Å². The lowest BCUT2D eigenvalue weighted by Crippen LogP contribution is -2.65. The van der Waals surface area contributed by atoms with E-state index in [4.69, 9.17) is 4.74 Å². The number of piperidine rings is 1. The van der Waals surface area contributed by atoms with Gasteiger partial charge in [0.25, 0.3) is 0 Å². The molecule has 1 saturated heterocycles. The van der Waals surface area contributed by atoms with Crippen molar-refractivity contribution < 1.29 is 14.3 Å². The summed E-state index contributed by atoms with van der Waals surface area (Å²) in [4.78, 5) is 26.6. The third-order valence-electron chi connectivity index (χ3n) is 7.16. The molecule has 0 spiro atoms. The highest BCUT2D eigenvalue weighted by molar-refractivity contribution is 5.89. The zero-order valence-electron chi connectivity index (χ0n) is 17.7. The van der Waals surface area contributed by atoms with Crippen LogP contribution in [0.4, 0.5) is 0 Å². The van der Waals surface area contributed by atoms with Gasteiger partial charge in [0.05, 0.1) is 7.11 Å². The van der Waals surface area contributed by atoms with Gasteiger partial charge in [-0.05, 0) is 41.4 Å². The molecule has 4 heteroatoms. The van der Waals surface area contributed by atoms with Crippen LogP contribution in [0.2, 0.25) is 0 Å². The van der Waals surface area contributed by atoms with E-state index in [1.54, 1.807) is 7.11 Å². The van der Waals surface area contributed by atoms with Gasteiger partial charge < -0.3 is 10.1 Å². The normalized spacial score (nSPS) is 36.4. The van der Waals surface area contributed by atoms with E-state index in [1.165, 1.54) is 0 Å². The van der Waals surface area contributed by atoms with E-state index >= 15 is 0 Å². The zero-order valence-corrected chi connectivity index (χ0v) is 17.7. The van der Waals surface area contributed by atoms with E-state index in [2.05, 4.69) is 45.1 Å². The van der Waals surface area contributed by atoms with Gasteiger partial charge in [0.1, 0.15) is 17.3 Å². The minimum absolute atomic E-state index is 0.0107. The summed E-state index contributed by atoms with van der Waals surface area (Å²) in [7, 11) is 1.66. The number of fused-ring (bicyclic) bond motifs is 2. The van der Waals surface area contributed by atoms with Gasteiger partial charge >= 0.3 is 0 Å². The lowest BCUT2D eigenvalue weighted by Gasteiger charge is -2.55. The highest BCUT2D eigenvalue weighted by atomic mass is 16.5. The van der Waals surface area contributed by atoms with Gasteiger partial charge in [0.2, 0.25) is 0 Å². The lowest BCUT2D eigenvalue weighted by molar-refractivity contribution is -0.140. The fraction of sp³-hybridized carbons (Fsp3) is 0.667. The van der Waals surface area contributed by atoms with Crippen molar-refractivity contribution in [2.75, 3.05) is 7.11 Å². The number of hydrogen-bond donors (Lipinski definition) is 1. The Kier molecular flexibility index (Phi) is 4.69. The predicted molar refractivity (Wildman–Crippen MR) is 109 cm³/mol. The van der Waals surface area contributed by atoms with Crippen LogP contribution in [-0.4, -0.2) is 30.8 Å². The smallest absolute Gasteiger partial charge is 0.138 e. The van der Waals surface area contributed by atoms with E-state index in [1.807, 2.05) is 12.1 Å². The topological polar surface area (TPSA) is 55.4 Å². The largest absolute Gasteiger partial charge is 0.497 e. The summed E-state index contributed by atoms with van der Waals surface area (Å²) in [5.41, 5.74) is 1.13. The first-order valence-electron chi connectivity index (χ1n) is 10.6. The Morgan fingerprint density at radius 1 is 0.821 bits per heavy atom. The molecule has 0 radical (unpaired) electrons. The molecule has 1 aromatic carbocycles. The van der Waals surface area contributed by atoms with Gasteiger partial charge in [-0.1, -0.05) is 39.8 Å². The molecule has 4 nitrogen and oxygen atoms in total. The monoisotopic (exact) mass is 383 g/mol. The fourth-order valence-electron chi connectivity index (χ4n) is 6.18. The quantitative estimate of drug-likeness (QED) is 0.834. The van der Waals surface area contributed by atoms with Gasteiger partial charge in [-0.3, -0.25) is 9.59 Å². The van der Waals surface area contributed by atoms with E-state index in [0.717, 1.165) is 24.2 Å². The number of methoxy groups -OCH3 is 1. The standard InChI is InChI=1S/C24H33NO3/c1-23(2)10-16-21(18(26)12-23)20(14-6-8-15(28-5)9-7-14)22-17(25-16)11-24(3,4)13-19(22)27/h6-9,16-17,20-22,25H,10-13H2,1-5H3. The van der Waals surface area contributed by atoms with Gasteiger partial charge in [0, 0.05) is 42.7 Å². The average Bonchev–Trinajstić information content (AvgIpc) is 2.57. The average molecular weight is 384 g/mol. The maximum atomic E-state index is 13.3. The molecule has 3 fully saturated rings. The van der Waals surface area contributed by atoms with Crippen molar-refractivity contribution in [1.29, 1.82) is 0 Å². The second-order valence-electron chi connectivity index (χ2n) is 10.8. The predicted octanol–water partition coefficient (Wildman–Crippen LogP) is 4.13. The van der Waals surface area contributed by atoms with E-state index in [0.29, 0.717) is 24.4 Å². The van der Waals surface area contributed by atoms with E-state index in [-0.39, 0.29) is 40.7 Å². The van der Waals surface area contributed by atoms with Crippen LogP contribution >= 0.6 is 0 Å². The molecular weight excluding hydrogens is 350 g/mol. The Bertz CT molecular complexity index is 738. The molecule has 4 rings (SSSR count). The Hall–Kier alpha value is -1.68. The first kappa shape index (κ1) is 19.6. The molecule has 4 unspecified atom stereocenters. The molecule has 3 aliphatic rings. The molecule has 0 aromatic heterocycles. The molecule has 1 aromatic rings. The Morgan fingerprint density at radius 2 is 1.29 bits per heavy atom. The number of carbonyl (C=O) groups is 2. The minimum atomic E-state index is -0.118. The number of ether oxygens (including phenoxy) is 1. The summed E-state index contributed by atoms with van der Waals surface area (Å²) in [6.07, 6.45) is 3.15. The molecule has 1 aliphatic heterocycles. The summed E-state index contributed by atoms with van der Waals surface area (Å²) in [6.45, 7) is 8.75. The second kappa shape index (κ2) is 6.69. The molecule has 152 valence electrons. The van der Waals surface area contributed by atoms with Crippen molar-refractivity contribution >= 4 is 11.6 Å². The van der Waals surface area contributed by atoms with Gasteiger partial charge in [-0.2, -0.15) is 0 Å². The Morgan fingerprint density at radius 3 is 1.71 bits per heavy atom. The van der Waals surface area contributed by atoms with Crippen LogP contribution in [-0.2, 0) is 9.59 Å². The first-order valence-corrected chi connectivity index (χ1v) is 10.6. The number of carbonyl (C=O) groups excluding carboxylic acids is 2. The summed E-state index contributed by atoms with van der Waals surface area (Å²) < 4.78 is 5.32. The highest BCUT2D eigenvalue weighted by Gasteiger charge is 2.56. The van der Waals surface area contributed by atoms with Crippen LogP contribution in [0, 0.1) is 22.7 Å². The number of Topliss-reactive ketones (excluding diaryl/α,β-unsaturated/α-hetero) is 2. The Balaban J connectivity index is 1.78. The maximum absolute atomic E-state index is 13.3. The number of benzene rings is 1. The van der Waals surface area contributed by atoms with Gasteiger partial charge in [0.15, 0.2) is 0 Å². The van der Waals surface area contributed by atoms with E-state index in [9.17, 15) is 9.59 Å². The SMILES string of the molecule is COc1ccc(C2C3C(=O)CC(C)(C)CC3NC3CC(C)(C)CC(=O)C32)cc1. The summed E-state index contributed by atoms with van der Waals surface area (Å²) in [6, 6.07) is 8.31. The van der Waals surface area contributed by atoms with Crippen molar-refractivity contribution in [1.82, 2.24) is 5.32 Å². The molecule has 0 amide bonds. The lowest BCUT2D eigenvalue weighted by atomic mass is 9.54. The maximum Gasteiger partial charge on any atom is 0.138 e. The third kappa shape index (κ3) is 3.41. The zero-order chi connectivity index (χ0) is 20.3. The second-order valence-corrected chi connectivity index (χ2v) is 10.8. The number of nitrogens with one attached hydrogen (secondary N) is 1. The van der Waals surface area contributed by atoms with Crippen LogP contribution in [0.25, 0.3) is 0 Å². The van der Waals surface area contributed by atoms with Crippen LogP contribution in [0.15, 0.2) is 24.3 Å². The number of hydrogen-bond acceptors (Lipinski definition) is 4. The molecule has 28 heavy (non-hydrogen) atoms. The van der Waals surface area contributed by atoms with Crippen molar-refractivity contribution in [3.8, 4) is 5.75 Å². The highest BCUT2D eigenvalue weighted by Crippen LogP contribution is 2.52.